The molecule has 0 saturated carbocycles. The average molecular weight is 425 g/mol. The molecule has 0 bridgehead atoms. The molecule has 1 atom stereocenters. The number of hydrogen-bond donors (Lipinski definition) is 0. The highest BCUT2D eigenvalue weighted by Crippen LogP contribution is 2.24. The summed E-state index contributed by atoms with van der Waals surface area (Å²) in [6.07, 6.45) is 3.76. The zero-order valence-electron chi connectivity index (χ0n) is 12.6. The summed E-state index contributed by atoms with van der Waals surface area (Å²) in [5.74, 6) is 0.749. The third kappa shape index (κ3) is 3.72. The van der Waals surface area contributed by atoms with Crippen LogP contribution in [0.15, 0.2) is 36.7 Å². The maximum absolute atomic E-state index is 12.5. The highest BCUT2D eigenvalue weighted by Gasteiger charge is 2.29. The van der Waals surface area contributed by atoms with E-state index in [0.717, 1.165) is 9.99 Å². The number of likely N-dealkylation sites (tertiary alicyclic amines) is 1. The van der Waals surface area contributed by atoms with Crippen LogP contribution < -0.4 is 9.47 Å². The van der Waals surface area contributed by atoms with Crippen LogP contribution in [-0.2, 0) is 0 Å². The fraction of sp³-hybridized carbons (Fsp3) is 0.312. The largest absolute Gasteiger partial charge is 0.477 e. The van der Waals surface area contributed by atoms with Gasteiger partial charge in [0.1, 0.15) is 6.10 Å². The van der Waals surface area contributed by atoms with Crippen molar-refractivity contribution in [3.05, 3.63) is 45.8 Å². The number of ether oxygens (including phenoxy) is 2. The molecule has 1 aromatic carbocycles. The van der Waals surface area contributed by atoms with Crippen LogP contribution in [0.4, 0.5) is 0 Å². The summed E-state index contributed by atoms with van der Waals surface area (Å²) in [6, 6.07) is 7.59. The molecule has 0 spiro atoms. The summed E-state index contributed by atoms with van der Waals surface area (Å²) in [5, 5.41) is 0. The molecule has 1 aliphatic heterocycles. The molecule has 0 aliphatic carbocycles. The van der Waals surface area contributed by atoms with Crippen molar-refractivity contribution in [2.45, 2.75) is 12.5 Å². The molecular formula is C16H16IN3O3. The molecule has 1 fully saturated rings. The van der Waals surface area contributed by atoms with Crippen molar-refractivity contribution in [2.75, 3.05) is 20.2 Å². The number of carbonyl (C=O) groups excluding carboxylic acids is 1. The van der Waals surface area contributed by atoms with Crippen LogP contribution in [0, 0.1) is 3.57 Å². The summed E-state index contributed by atoms with van der Waals surface area (Å²) in [7, 11) is 1.53. The monoisotopic (exact) mass is 425 g/mol. The van der Waals surface area contributed by atoms with Gasteiger partial charge in [-0.25, -0.2) is 9.97 Å². The van der Waals surface area contributed by atoms with E-state index in [0.29, 0.717) is 30.4 Å². The minimum atomic E-state index is -0.104. The maximum atomic E-state index is 12.5. The predicted octanol–water partition coefficient (Wildman–Crippen LogP) is 2.38. The van der Waals surface area contributed by atoms with Crippen LogP contribution >= 0.6 is 22.6 Å². The van der Waals surface area contributed by atoms with E-state index < -0.39 is 0 Å². The molecule has 6 nitrogen and oxygen atoms in total. The zero-order chi connectivity index (χ0) is 16.2. The number of amides is 1. The molecule has 1 amide bonds. The topological polar surface area (TPSA) is 64.6 Å². The molecule has 2 aromatic rings. The first-order chi connectivity index (χ1) is 11.2. The molecule has 1 aliphatic rings. The number of methoxy groups -OCH3 is 1. The van der Waals surface area contributed by atoms with E-state index >= 15 is 0 Å². The van der Waals surface area contributed by atoms with Crippen molar-refractivity contribution in [3.8, 4) is 11.8 Å². The lowest BCUT2D eigenvalue weighted by Gasteiger charge is -2.17. The van der Waals surface area contributed by atoms with E-state index in [1.807, 2.05) is 24.3 Å². The van der Waals surface area contributed by atoms with E-state index in [1.54, 1.807) is 17.3 Å². The molecule has 0 radical (unpaired) electrons. The number of aromatic nitrogens is 2. The van der Waals surface area contributed by atoms with Gasteiger partial charge in [0, 0.05) is 34.5 Å². The summed E-state index contributed by atoms with van der Waals surface area (Å²) < 4.78 is 12.0. The third-order valence-corrected chi connectivity index (χ3v) is 4.28. The summed E-state index contributed by atoms with van der Waals surface area (Å²) in [5.41, 5.74) is 0.703. The smallest absolute Gasteiger partial charge is 0.278 e. The van der Waals surface area contributed by atoms with Gasteiger partial charge in [-0.15, -0.1) is 0 Å². The van der Waals surface area contributed by atoms with E-state index in [1.165, 1.54) is 7.11 Å². The van der Waals surface area contributed by atoms with Gasteiger partial charge in [0.2, 0.25) is 0 Å². The lowest BCUT2D eigenvalue weighted by atomic mass is 10.2. The van der Waals surface area contributed by atoms with Crippen molar-refractivity contribution < 1.29 is 14.3 Å². The average Bonchev–Trinajstić information content (AvgIpc) is 3.03. The second kappa shape index (κ2) is 7.12. The molecule has 7 heteroatoms. The second-order valence-electron chi connectivity index (χ2n) is 5.16. The lowest BCUT2D eigenvalue weighted by molar-refractivity contribution is 0.0770. The maximum Gasteiger partial charge on any atom is 0.278 e. The van der Waals surface area contributed by atoms with Gasteiger partial charge in [-0.05, 0) is 40.8 Å². The predicted molar refractivity (Wildman–Crippen MR) is 92.7 cm³/mol. The Morgan fingerprint density at radius 3 is 2.83 bits per heavy atom. The van der Waals surface area contributed by atoms with Gasteiger partial charge in [0.15, 0.2) is 0 Å². The normalized spacial score (nSPS) is 17.1. The van der Waals surface area contributed by atoms with Crippen LogP contribution in [-0.4, -0.2) is 47.1 Å². The SMILES string of the molecule is COc1nccnc1OC1CCN(C(=O)c2cccc(I)c2)C1. The van der Waals surface area contributed by atoms with Crippen molar-refractivity contribution >= 4 is 28.5 Å². The van der Waals surface area contributed by atoms with Gasteiger partial charge in [-0.2, -0.15) is 0 Å². The first-order valence-corrected chi connectivity index (χ1v) is 8.31. The number of carbonyl (C=O) groups is 1. The van der Waals surface area contributed by atoms with Crippen molar-refractivity contribution in [1.29, 1.82) is 0 Å². The van der Waals surface area contributed by atoms with Crippen LogP contribution in [0.5, 0.6) is 11.8 Å². The summed E-state index contributed by atoms with van der Waals surface area (Å²) in [4.78, 5) is 22.5. The summed E-state index contributed by atoms with van der Waals surface area (Å²) in [6.45, 7) is 1.20. The molecule has 3 rings (SSSR count). The lowest BCUT2D eigenvalue weighted by Crippen LogP contribution is -2.31. The van der Waals surface area contributed by atoms with Gasteiger partial charge >= 0.3 is 0 Å². The fourth-order valence-electron chi connectivity index (χ4n) is 2.50. The second-order valence-corrected chi connectivity index (χ2v) is 6.41. The molecule has 120 valence electrons. The summed E-state index contributed by atoms with van der Waals surface area (Å²) >= 11 is 2.20. The van der Waals surface area contributed by atoms with Gasteiger partial charge in [0.05, 0.1) is 13.7 Å². The first kappa shape index (κ1) is 16.0. The van der Waals surface area contributed by atoms with Gasteiger partial charge in [-0.1, -0.05) is 6.07 Å². The number of nitrogens with zero attached hydrogens (tertiary/aromatic N) is 3. The van der Waals surface area contributed by atoms with Crippen molar-refractivity contribution in [3.63, 3.8) is 0 Å². The van der Waals surface area contributed by atoms with Gasteiger partial charge in [-0.3, -0.25) is 4.79 Å². The fourth-order valence-corrected chi connectivity index (χ4v) is 3.05. The highest BCUT2D eigenvalue weighted by molar-refractivity contribution is 14.1. The molecule has 0 N–H and O–H groups in total. The van der Waals surface area contributed by atoms with Crippen LogP contribution in [0.3, 0.4) is 0 Å². The Balaban J connectivity index is 1.65. The zero-order valence-corrected chi connectivity index (χ0v) is 14.8. The number of benzene rings is 1. The Kier molecular flexibility index (Phi) is 4.94. The van der Waals surface area contributed by atoms with E-state index in [4.69, 9.17) is 9.47 Å². The molecule has 1 aromatic heterocycles. The Morgan fingerprint density at radius 2 is 2.09 bits per heavy atom. The standard InChI is InChI=1S/C16H16IN3O3/c1-22-14-15(19-7-6-18-14)23-13-5-8-20(10-13)16(21)11-3-2-4-12(17)9-11/h2-4,6-7,9,13H,5,8,10H2,1H3. The first-order valence-electron chi connectivity index (χ1n) is 7.24. The van der Waals surface area contributed by atoms with Crippen LogP contribution in [0.2, 0.25) is 0 Å². The Morgan fingerprint density at radius 1 is 1.30 bits per heavy atom. The highest BCUT2D eigenvalue weighted by atomic mass is 127. The number of rotatable bonds is 4. The molecule has 1 saturated heterocycles. The quantitative estimate of drug-likeness (QED) is 0.705. The van der Waals surface area contributed by atoms with Crippen molar-refractivity contribution in [1.82, 2.24) is 14.9 Å². The van der Waals surface area contributed by atoms with Gasteiger partial charge in [0.25, 0.3) is 17.7 Å². The Bertz CT molecular complexity index is 710. The van der Waals surface area contributed by atoms with E-state index in [9.17, 15) is 4.79 Å². The van der Waals surface area contributed by atoms with Crippen molar-refractivity contribution in [2.24, 2.45) is 0 Å². The molecule has 1 unspecified atom stereocenters. The van der Waals surface area contributed by atoms with Crippen LogP contribution in [0.1, 0.15) is 16.8 Å². The Labute approximate surface area is 148 Å². The Hall–Kier alpha value is -1.90. The number of halogens is 1. The minimum absolute atomic E-state index is 0.0285. The van der Waals surface area contributed by atoms with Gasteiger partial charge < -0.3 is 14.4 Å². The molecular weight excluding hydrogens is 409 g/mol. The minimum Gasteiger partial charge on any atom is -0.477 e. The van der Waals surface area contributed by atoms with E-state index in [2.05, 4.69) is 32.6 Å². The molecule has 2 heterocycles. The van der Waals surface area contributed by atoms with E-state index in [-0.39, 0.29) is 12.0 Å². The van der Waals surface area contributed by atoms with Crippen LogP contribution in [0.25, 0.3) is 0 Å². The number of hydrogen-bond acceptors (Lipinski definition) is 5. The molecule has 23 heavy (non-hydrogen) atoms. The third-order valence-electron chi connectivity index (χ3n) is 3.61.